The van der Waals surface area contributed by atoms with E-state index in [4.69, 9.17) is 16.7 Å². The van der Waals surface area contributed by atoms with Crippen LogP contribution in [-0.2, 0) is 4.79 Å². The van der Waals surface area contributed by atoms with Crippen LogP contribution >= 0.6 is 11.6 Å². The van der Waals surface area contributed by atoms with E-state index in [-0.39, 0.29) is 17.3 Å². The molecule has 96 valence electrons. The first-order valence-corrected chi connectivity index (χ1v) is 5.79. The maximum absolute atomic E-state index is 11.0. The van der Waals surface area contributed by atoms with Crippen LogP contribution in [0.2, 0.25) is 5.02 Å². The predicted octanol–water partition coefficient (Wildman–Crippen LogP) is 2.16. The van der Waals surface area contributed by atoms with Crippen molar-refractivity contribution in [2.45, 2.75) is 6.42 Å². The number of nitrogens with zero attached hydrogens (tertiary/aromatic N) is 2. The molecule has 1 heterocycles. The predicted molar refractivity (Wildman–Crippen MR) is 66.1 cm³/mol. The highest BCUT2D eigenvalue weighted by Gasteiger charge is 2.32. The molecule has 0 aliphatic carbocycles. The maximum Gasteiger partial charge on any atom is 0.308 e. The molecule has 2 rings (SSSR count). The average Bonchev–Trinajstić information content (AvgIpc) is 2.77. The Bertz CT molecular complexity index is 506. The first kappa shape index (κ1) is 12.6. The van der Waals surface area contributed by atoms with Crippen molar-refractivity contribution in [3.8, 4) is 0 Å². The van der Waals surface area contributed by atoms with Crippen LogP contribution in [0.25, 0.3) is 0 Å². The third-order valence-corrected chi connectivity index (χ3v) is 3.32. The van der Waals surface area contributed by atoms with Crippen LogP contribution in [-0.4, -0.2) is 29.1 Å². The van der Waals surface area contributed by atoms with Gasteiger partial charge in [-0.15, -0.1) is 0 Å². The van der Waals surface area contributed by atoms with Crippen LogP contribution in [0.4, 0.5) is 11.4 Å². The molecular formula is C11H11ClN2O4. The van der Waals surface area contributed by atoms with Crippen LogP contribution < -0.4 is 4.90 Å². The second-order valence-electron chi connectivity index (χ2n) is 4.13. The van der Waals surface area contributed by atoms with Gasteiger partial charge in [-0.2, -0.15) is 0 Å². The first-order valence-electron chi connectivity index (χ1n) is 5.41. The number of hydrogen-bond acceptors (Lipinski definition) is 4. The zero-order valence-corrected chi connectivity index (χ0v) is 10.1. The molecule has 0 radical (unpaired) electrons. The Labute approximate surface area is 108 Å². The summed E-state index contributed by atoms with van der Waals surface area (Å²) in [6, 6.07) is 4.45. The van der Waals surface area contributed by atoms with Crippen molar-refractivity contribution in [3.63, 3.8) is 0 Å². The lowest BCUT2D eigenvalue weighted by Gasteiger charge is -2.19. The van der Waals surface area contributed by atoms with Crippen molar-refractivity contribution in [3.05, 3.63) is 33.3 Å². The fourth-order valence-electron chi connectivity index (χ4n) is 2.13. The molecule has 18 heavy (non-hydrogen) atoms. The number of halogens is 1. The van der Waals surface area contributed by atoms with Gasteiger partial charge >= 0.3 is 5.97 Å². The molecule has 1 saturated heterocycles. The van der Waals surface area contributed by atoms with Gasteiger partial charge in [0.25, 0.3) is 5.69 Å². The highest BCUT2D eigenvalue weighted by atomic mass is 35.5. The van der Waals surface area contributed by atoms with Crippen molar-refractivity contribution in [2.24, 2.45) is 5.92 Å². The van der Waals surface area contributed by atoms with Gasteiger partial charge in [0.1, 0.15) is 5.69 Å². The summed E-state index contributed by atoms with van der Waals surface area (Å²) in [7, 11) is 0. The molecule has 6 nitrogen and oxygen atoms in total. The highest BCUT2D eigenvalue weighted by Crippen LogP contribution is 2.38. The number of carboxylic acids is 1. The molecule has 1 aliphatic rings. The van der Waals surface area contributed by atoms with Gasteiger partial charge in [0.2, 0.25) is 0 Å². The van der Waals surface area contributed by atoms with Gasteiger partial charge in [-0.05, 0) is 12.5 Å². The summed E-state index contributed by atoms with van der Waals surface area (Å²) < 4.78 is 0. The van der Waals surface area contributed by atoms with Gasteiger partial charge in [-0.25, -0.2) is 0 Å². The van der Waals surface area contributed by atoms with Crippen LogP contribution in [0.3, 0.4) is 0 Å². The third-order valence-electron chi connectivity index (χ3n) is 3.02. The van der Waals surface area contributed by atoms with E-state index in [1.54, 1.807) is 11.0 Å². The van der Waals surface area contributed by atoms with E-state index >= 15 is 0 Å². The average molecular weight is 271 g/mol. The van der Waals surface area contributed by atoms with E-state index < -0.39 is 16.8 Å². The molecule has 1 unspecified atom stereocenters. The Hall–Kier alpha value is -1.82. The van der Waals surface area contributed by atoms with E-state index in [0.717, 1.165) is 0 Å². The molecule has 1 fully saturated rings. The normalized spacial score (nSPS) is 18.9. The fourth-order valence-corrected chi connectivity index (χ4v) is 2.42. The Morgan fingerprint density at radius 2 is 2.28 bits per heavy atom. The first-order chi connectivity index (χ1) is 8.50. The summed E-state index contributed by atoms with van der Waals surface area (Å²) in [5.74, 6) is -1.38. The van der Waals surface area contributed by atoms with Gasteiger partial charge < -0.3 is 10.0 Å². The van der Waals surface area contributed by atoms with Gasteiger partial charge in [0.05, 0.1) is 15.9 Å². The minimum absolute atomic E-state index is 0.0893. The number of rotatable bonds is 3. The second-order valence-corrected chi connectivity index (χ2v) is 4.54. The van der Waals surface area contributed by atoms with Crippen molar-refractivity contribution in [2.75, 3.05) is 18.0 Å². The quantitative estimate of drug-likeness (QED) is 0.672. The molecule has 0 saturated carbocycles. The molecular weight excluding hydrogens is 260 g/mol. The molecule has 1 aromatic carbocycles. The summed E-state index contributed by atoms with van der Waals surface area (Å²) in [5.41, 5.74) is 0.224. The van der Waals surface area contributed by atoms with E-state index in [2.05, 4.69) is 0 Å². The molecule has 0 aromatic heterocycles. The van der Waals surface area contributed by atoms with Gasteiger partial charge in [-0.3, -0.25) is 14.9 Å². The van der Waals surface area contributed by atoms with E-state index in [9.17, 15) is 14.9 Å². The van der Waals surface area contributed by atoms with Gasteiger partial charge in [-0.1, -0.05) is 17.7 Å². The monoisotopic (exact) mass is 270 g/mol. The molecule has 0 bridgehead atoms. The smallest absolute Gasteiger partial charge is 0.308 e. The summed E-state index contributed by atoms with van der Waals surface area (Å²) in [4.78, 5) is 23.0. The molecule has 0 amide bonds. The van der Waals surface area contributed by atoms with Crippen LogP contribution in [0.5, 0.6) is 0 Å². The number of nitro groups is 1. The SMILES string of the molecule is O=C(O)C1CCN(c2c(Cl)cccc2[N+](=O)[O-])C1. The maximum atomic E-state index is 11.0. The number of carbonyl (C=O) groups is 1. The number of hydrogen-bond donors (Lipinski definition) is 1. The third kappa shape index (κ3) is 2.24. The summed E-state index contributed by atoms with van der Waals surface area (Å²) in [6.45, 7) is 0.710. The standard InChI is InChI=1S/C11H11ClN2O4/c12-8-2-1-3-9(14(17)18)10(8)13-5-4-7(6-13)11(15)16/h1-3,7H,4-6H2,(H,15,16). The largest absolute Gasteiger partial charge is 0.481 e. The topological polar surface area (TPSA) is 83.7 Å². The number of aliphatic carboxylic acids is 1. The summed E-state index contributed by atoms with van der Waals surface area (Å²) >= 11 is 5.99. The lowest BCUT2D eigenvalue weighted by atomic mass is 10.1. The molecule has 1 aliphatic heterocycles. The van der Waals surface area contributed by atoms with Crippen molar-refractivity contribution < 1.29 is 14.8 Å². The van der Waals surface area contributed by atoms with E-state index in [1.807, 2.05) is 0 Å². The lowest BCUT2D eigenvalue weighted by Crippen LogP contribution is -2.23. The minimum atomic E-state index is -0.882. The Balaban J connectivity index is 2.34. The molecule has 1 aromatic rings. The second kappa shape index (κ2) is 4.81. The number of benzene rings is 1. The molecule has 1 atom stereocenters. The number of carboxylic acid groups (broad SMARTS) is 1. The molecule has 7 heteroatoms. The summed E-state index contributed by atoms with van der Waals surface area (Å²) in [5, 5.41) is 20.2. The van der Waals surface area contributed by atoms with Crippen molar-refractivity contribution >= 4 is 28.9 Å². The molecule has 0 spiro atoms. The van der Waals surface area contributed by atoms with Gasteiger partial charge in [0.15, 0.2) is 0 Å². The highest BCUT2D eigenvalue weighted by molar-refractivity contribution is 6.33. The lowest BCUT2D eigenvalue weighted by molar-refractivity contribution is -0.384. The van der Waals surface area contributed by atoms with E-state index in [1.165, 1.54) is 12.1 Å². The number of anilines is 1. The summed E-state index contributed by atoms with van der Waals surface area (Å²) in [6.07, 6.45) is 0.470. The van der Waals surface area contributed by atoms with Crippen LogP contribution in [0.15, 0.2) is 18.2 Å². The van der Waals surface area contributed by atoms with Crippen LogP contribution in [0, 0.1) is 16.0 Å². The zero-order chi connectivity index (χ0) is 13.3. The Morgan fingerprint density at radius 1 is 1.56 bits per heavy atom. The zero-order valence-electron chi connectivity index (χ0n) is 9.38. The number of para-hydroxylation sites is 1. The molecule has 1 N–H and O–H groups in total. The Morgan fingerprint density at radius 3 is 2.83 bits per heavy atom. The van der Waals surface area contributed by atoms with E-state index in [0.29, 0.717) is 18.7 Å². The minimum Gasteiger partial charge on any atom is -0.481 e. The van der Waals surface area contributed by atoms with Crippen molar-refractivity contribution in [1.82, 2.24) is 0 Å². The Kier molecular flexibility index (Phi) is 3.38. The fraction of sp³-hybridized carbons (Fsp3) is 0.364. The van der Waals surface area contributed by atoms with Gasteiger partial charge in [0, 0.05) is 19.2 Å². The van der Waals surface area contributed by atoms with Crippen LogP contribution in [0.1, 0.15) is 6.42 Å². The number of nitro benzene ring substituents is 1. The van der Waals surface area contributed by atoms with Crippen molar-refractivity contribution in [1.29, 1.82) is 0 Å².